The van der Waals surface area contributed by atoms with Crippen molar-refractivity contribution in [3.05, 3.63) is 30.1 Å². The van der Waals surface area contributed by atoms with Crippen molar-refractivity contribution in [3.8, 4) is 0 Å². The topological polar surface area (TPSA) is 34.1 Å². The largest absolute Gasteiger partial charge is 0.379 e. The zero-order valence-corrected chi connectivity index (χ0v) is 9.57. The van der Waals surface area contributed by atoms with Crippen LogP contribution < -0.4 is 5.32 Å². The second kappa shape index (κ2) is 7.37. The SMILES string of the molecule is CC(C)OCCCNCc1ccccn1. The highest BCUT2D eigenvalue weighted by Crippen LogP contribution is 1.93. The van der Waals surface area contributed by atoms with Crippen molar-refractivity contribution in [2.24, 2.45) is 0 Å². The van der Waals surface area contributed by atoms with Gasteiger partial charge in [0.1, 0.15) is 0 Å². The van der Waals surface area contributed by atoms with Crippen molar-refractivity contribution >= 4 is 0 Å². The number of ether oxygens (including phenoxy) is 1. The maximum atomic E-state index is 5.44. The van der Waals surface area contributed by atoms with E-state index in [1.165, 1.54) is 0 Å². The van der Waals surface area contributed by atoms with Gasteiger partial charge in [0, 0.05) is 19.3 Å². The van der Waals surface area contributed by atoms with Gasteiger partial charge in [-0.05, 0) is 38.9 Å². The Morgan fingerprint density at radius 3 is 2.93 bits per heavy atom. The first-order valence-corrected chi connectivity index (χ1v) is 5.51. The Hall–Kier alpha value is -0.930. The average molecular weight is 208 g/mol. The second-order valence-electron chi connectivity index (χ2n) is 3.77. The number of nitrogens with zero attached hydrogens (tertiary/aromatic N) is 1. The summed E-state index contributed by atoms with van der Waals surface area (Å²) in [6, 6.07) is 5.96. The molecule has 0 amide bonds. The molecule has 0 aliphatic carbocycles. The third kappa shape index (κ3) is 6.20. The normalized spacial score (nSPS) is 10.9. The van der Waals surface area contributed by atoms with Crippen LogP contribution in [0.5, 0.6) is 0 Å². The molecule has 0 spiro atoms. The summed E-state index contributed by atoms with van der Waals surface area (Å²) in [6.07, 6.45) is 3.20. The first-order valence-electron chi connectivity index (χ1n) is 5.51. The standard InChI is InChI=1S/C12H20N2O/c1-11(2)15-9-5-7-13-10-12-6-3-4-8-14-12/h3-4,6,8,11,13H,5,7,9-10H2,1-2H3. The Morgan fingerprint density at radius 1 is 1.40 bits per heavy atom. The Labute approximate surface area is 91.9 Å². The second-order valence-corrected chi connectivity index (χ2v) is 3.77. The van der Waals surface area contributed by atoms with Crippen LogP contribution in [0.1, 0.15) is 26.0 Å². The molecule has 3 nitrogen and oxygen atoms in total. The summed E-state index contributed by atoms with van der Waals surface area (Å²) in [5.74, 6) is 0. The van der Waals surface area contributed by atoms with Crippen molar-refractivity contribution in [3.63, 3.8) is 0 Å². The molecule has 1 rings (SSSR count). The minimum Gasteiger partial charge on any atom is -0.379 e. The monoisotopic (exact) mass is 208 g/mol. The summed E-state index contributed by atoms with van der Waals surface area (Å²) >= 11 is 0. The Bertz CT molecular complexity index is 249. The van der Waals surface area contributed by atoms with Crippen LogP contribution in [0.25, 0.3) is 0 Å². The zero-order valence-electron chi connectivity index (χ0n) is 9.57. The van der Waals surface area contributed by atoms with E-state index in [4.69, 9.17) is 4.74 Å². The first kappa shape index (κ1) is 12.1. The van der Waals surface area contributed by atoms with E-state index in [9.17, 15) is 0 Å². The van der Waals surface area contributed by atoms with Crippen LogP contribution >= 0.6 is 0 Å². The summed E-state index contributed by atoms with van der Waals surface area (Å²) in [5, 5.41) is 3.33. The lowest BCUT2D eigenvalue weighted by Crippen LogP contribution is -2.17. The molecule has 1 aromatic heterocycles. The molecule has 0 radical (unpaired) electrons. The van der Waals surface area contributed by atoms with Crippen molar-refractivity contribution in [1.29, 1.82) is 0 Å². The molecule has 1 aromatic rings. The highest BCUT2D eigenvalue weighted by atomic mass is 16.5. The summed E-state index contributed by atoms with van der Waals surface area (Å²) in [5.41, 5.74) is 1.09. The van der Waals surface area contributed by atoms with E-state index < -0.39 is 0 Å². The molecule has 0 unspecified atom stereocenters. The fourth-order valence-electron chi connectivity index (χ4n) is 1.24. The predicted molar refractivity (Wildman–Crippen MR) is 61.6 cm³/mol. The Balaban J connectivity index is 1.98. The van der Waals surface area contributed by atoms with E-state index in [0.29, 0.717) is 6.10 Å². The minimum atomic E-state index is 0.334. The summed E-state index contributed by atoms with van der Waals surface area (Å²) in [7, 11) is 0. The minimum absolute atomic E-state index is 0.334. The van der Waals surface area contributed by atoms with Crippen LogP contribution in [0.4, 0.5) is 0 Å². The van der Waals surface area contributed by atoms with Crippen LogP contribution in [-0.2, 0) is 11.3 Å². The molecule has 0 atom stereocenters. The van der Waals surface area contributed by atoms with E-state index in [2.05, 4.69) is 24.1 Å². The van der Waals surface area contributed by atoms with Crippen LogP contribution in [0.15, 0.2) is 24.4 Å². The molecular weight excluding hydrogens is 188 g/mol. The fraction of sp³-hybridized carbons (Fsp3) is 0.583. The molecule has 0 aliphatic rings. The maximum Gasteiger partial charge on any atom is 0.0541 e. The van der Waals surface area contributed by atoms with E-state index in [1.54, 1.807) is 0 Å². The van der Waals surface area contributed by atoms with Crippen molar-refractivity contribution < 1.29 is 4.74 Å². The molecule has 1 heterocycles. The van der Waals surface area contributed by atoms with Gasteiger partial charge in [-0.1, -0.05) is 6.07 Å². The van der Waals surface area contributed by atoms with Gasteiger partial charge >= 0.3 is 0 Å². The number of nitrogens with one attached hydrogen (secondary N) is 1. The number of rotatable bonds is 7. The number of hydrogen-bond acceptors (Lipinski definition) is 3. The fourth-order valence-corrected chi connectivity index (χ4v) is 1.24. The molecule has 15 heavy (non-hydrogen) atoms. The Kier molecular flexibility index (Phi) is 5.97. The molecule has 0 saturated heterocycles. The zero-order chi connectivity index (χ0) is 10.9. The molecule has 0 fully saturated rings. The van der Waals surface area contributed by atoms with Gasteiger partial charge in [-0.2, -0.15) is 0 Å². The highest BCUT2D eigenvalue weighted by Gasteiger charge is 1.94. The summed E-state index contributed by atoms with van der Waals surface area (Å²) in [6.45, 7) is 6.75. The van der Waals surface area contributed by atoms with Gasteiger partial charge in [0.15, 0.2) is 0 Å². The smallest absolute Gasteiger partial charge is 0.0541 e. The van der Waals surface area contributed by atoms with E-state index >= 15 is 0 Å². The van der Waals surface area contributed by atoms with E-state index in [1.807, 2.05) is 24.4 Å². The highest BCUT2D eigenvalue weighted by molar-refractivity contribution is 5.02. The van der Waals surface area contributed by atoms with E-state index in [-0.39, 0.29) is 0 Å². The van der Waals surface area contributed by atoms with Crippen LogP contribution in [0, 0.1) is 0 Å². The number of aromatic nitrogens is 1. The third-order valence-corrected chi connectivity index (χ3v) is 1.98. The van der Waals surface area contributed by atoms with Crippen LogP contribution in [-0.4, -0.2) is 24.2 Å². The van der Waals surface area contributed by atoms with Gasteiger partial charge in [0.05, 0.1) is 11.8 Å². The van der Waals surface area contributed by atoms with Gasteiger partial charge in [-0.25, -0.2) is 0 Å². The molecule has 1 N–H and O–H groups in total. The third-order valence-electron chi connectivity index (χ3n) is 1.98. The van der Waals surface area contributed by atoms with Crippen LogP contribution in [0.2, 0.25) is 0 Å². The molecule has 0 aliphatic heterocycles. The molecule has 0 bridgehead atoms. The molecule has 84 valence electrons. The lowest BCUT2D eigenvalue weighted by Gasteiger charge is -2.07. The predicted octanol–water partition coefficient (Wildman–Crippen LogP) is 1.99. The first-order chi connectivity index (χ1) is 7.29. The molecule has 3 heteroatoms. The van der Waals surface area contributed by atoms with Crippen molar-refractivity contribution in [2.45, 2.75) is 32.9 Å². The van der Waals surface area contributed by atoms with Gasteiger partial charge in [0.25, 0.3) is 0 Å². The van der Waals surface area contributed by atoms with E-state index in [0.717, 1.165) is 31.8 Å². The number of pyridine rings is 1. The van der Waals surface area contributed by atoms with Gasteiger partial charge in [-0.3, -0.25) is 4.98 Å². The molecular formula is C12H20N2O. The van der Waals surface area contributed by atoms with Crippen LogP contribution in [0.3, 0.4) is 0 Å². The average Bonchev–Trinajstić information content (AvgIpc) is 2.24. The lowest BCUT2D eigenvalue weighted by molar-refractivity contribution is 0.0770. The van der Waals surface area contributed by atoms with Crippen molar-refractivity contribution in [2.75, 3.05) is 13.2 Å². The summed E-state index contributed by atoms with van der Waals surface area (Å²) < 4.78 is 5.44. The molecule has 0 aromatic carbocycles. The Morgan fingerprint density at radius 2 is 2.27 bits per heavy atom. The molecule has 0 saturated carbocycles. The lowest BCUT2D eigenvalue weighted by atomic mass is 10.3. The van der Waals surface area contributed by atoms with Crippen molar-refractivity contribution in [1.82, 2.24) is 10.3 Å². The summed E-state index contributed by atoms with van der Waals surface area (Å²) in [4.78, 5) is 4.23. The quantitative estimate of drug-likeness (QED) is 0.696. The van der Waals surface area contributed by atoms with Gasteiger partial charge in [0.2, 0.25) is 0 Å². The van der Waals surface area contributed by atoms with Gasteiger partial charge in [-0.15, -0.1) is 0 Å². The number of hydrogen-bond donors (Lipinski definition) is 1. The maximum absolute atomic E-state index is 5.44. The van der Waals surface area contributed by atoms with Gasteiger partial charge < -0.3 is 10.1 Å².